The second kappa shape index (κ2) is 5.92. The first-order chi connectivity index (χ1) is 9.04. The van der Waals surface area contributed by atoms with Crippen LogP contribution in [0.15, 0.2) is 9.59 Å². The van der Waals surface area contributed by atoms with Crippen LogP contribution in [0.1, 0.15) is 37.8 Å². The Bertz CT molecular complexity index is 556. The molecule has 0 unspecified atom stereocenters. The third-order valence-corrected chi connectivity index (χ3v) is 4.05. The standard InChI is InChI=1S/C13H20ClN3O2/c1-3-4-10-11(14)15-13(19)17(12(10)18)9-5-7-16(2)8-6-9/h9H,3-8H2,1-2H3,(H,15,19). The molecule has 0 bridgehead atoms. The Labute approximate surface area is 117 Å². The highest BCUT2D eigenvalue weighted by Gasteiger charge is 2.23. The Hall–Kier alpha value is -1.07. The molecule has 5 nitrogen and oxygen atoms in total. The van der Waals surface area contributed by atoms with E-state index in [2.05, 4.69) is 9.88 Å². The number of rotatable bonds is 3. The summed E-state index contributed by atoms with van der Waals surface area (Å²) in [6.07, 6.45) is 3.08. The molecule has 0 amide bonds. The molecule has 1 fully saturated rings. The fraction of sp³-hybridized carbons (Fsp3) is 0.692. The average molecular weight is 286 g/mol. The van der Waals surface area contributed by atoms with Gasteiger partial charge in [0.05, 0.1) is 5.56 Å². The second-order valence-corrected chi connectivity index (χ2v) is 5.56. The Morgan fingerprint density at radius 1 is 1.32 bits per heavy atom. The van der Waals surface area contributed by atoms with E-state index in [4.69, 9.17) is 11.6 Å². The van der Waals surface area contributed by atoms with Crippen molar-refractivity contribution in [1.29, 1.82) is 0 Å². The van der Waals surface area contributed by atoms with E-state index in [1.165, 1.54) is 4.57 Å². The minimum atomic E-state index is -0.385. The number of halogens is 1. The second-order valence-electron chi connectivity index (χ2n) is 5.18. The first-order valence-electron chi connectivity index (χ1n) is 6.76. The van der Waals surface area contributed by atoms with Crippen LogP contribution in [0.3, 0.4) is 0 Å². The summed E-state index contributed by atoms with van der Waals surface area (Å²) >= 11 is 5.97. The lowest BCUT2D eigenvalue weighted by molar-refractivity contribution is 0.215. The predicted molar refractivity (Wildman–Crippen MR) is 76.1 cm³/mol. The lowest BCUT2D eigenvalue weighted by Crippen LogP contribution is -2.43. The maximum Gasteiger partial charge on any atom is 0.329 e. The van der Waals surface area contributed by atoms with E-state index < -0.39 is 0 Å². The predicted octanol–water partition coefficient (Wildman–Crippen LogP) is 1.41. The third-order valence-electron chi connectivity index (χ3n) is 3.73. The fourth-order valence-corrected chi connectivity index (χ4v) is 2.87. The minimum absolute atomic E-state index is 0.0136. The summed E-state index contributed by atoms with van der Waals surface area (Å²) in [5.74, 6) is 0. The molecule has 1 N–H and O–H groups in total. The van der Waals surface area contributed by atoms with Gasteiger partial charge in [0.15, 0.2) is 0 Å². The quantitative estimate of drug-likeness (QED) is 0.854. The van der Waals surface area contributed by atoms with Gasteiger partial charge >= 0.3 is 5.69 Å². The number of nitrogens with one attached hydrogen (secondary N) is 1. The molecule has 6 heteroatoms. The number of nitrogens with zero attached hydrogens (tertiary/aromatic N) is 2. The maximum absolute atomic E-state index is 12.4. The molecule has 106 valence electrons. The van der Waals surface area contributed by atoms with Crippen molar-refractivity contribution in [3.05, 3.63) is 31.6 Å². The molecule has 0 aromatic carbocycles. The van der Waals surface area contributed by atoms with Gasteiger partial charge in [0, 0.05) is 6.04 Å². The molecule has 1 aliphatic rings. The lowest BCUT2D eigenvalue weighted by atomic mass is 10.0. The van der Waals surface area contributed by atoms with Crippen LogP contribution < -0.4 is 11.2 Å². The Kier molecular flexibility index (Phi) is 4.47. The zero-order valence-electron chi connectivity index (χ0n) is 11.4. The van der Waals surface area contributed by atoms with Gasteiger partial charge in [0.25, 0.3) is 5.56 Å². The van der Waals surface area contributed by atoms with E-state index in [1.54, 1.807) is 0 Å². The van der Waals surface area contributed by atoms with Crippen molar-refractivity contribution in [1.82, 2.24) is 14.5 Å². The van der Waals surface area contributed by atoms with Gasteiger partial charge in [-0.15, -0.1) is 0 Å². The van der Waals surface area contributed by atoms with Crippen LogP contribution in [0.2, 0.25) is 5.15 Å². The Morgan fingerprint density at radius 2 is 1.95 bits per heavy atom. The molecule has 1 aromatic heterocycles. The summed E-state index contributed by atoms with van der Waals surface area (Å²) in [6.45, 7) is 3.80. The average Bonchev–Trinajstić information content (AvgIpc) is 2.36. The summed E-state index contributed by atoms with van der Waals surface area (Å²) < 4.78 is 1.36. The summed E-state index contributed by atoms with van der Waals surface area (Å²) in [7, 11) is 2.05. The Balaban J connectivity index is 2.42. The minimum Gasteiger partial charge on any atom is -0.306 e. The van der Waals surface area contributed by atoms with E-state index in [-0.39, 0.29) is 22.4 Å². The topological polar surface area (TPSA) is 58.1 Å². The zero-order valence-corrected chi connectivity index (χ0v) is 12.2. The summed E-state index contributed by atoms with van der Waals surface area (Å²) in [4.78, 5) is 29.2. The number of aromatic amines is 1. The molecule has 1 aromatic rings. The van der Waals surface area contributed by atoms with Crippen LogP contribution in [-0.4, -0.2) is 34.6 Å². The Morgan fingerprint density at radius 3 is 2.53 bits per heavy atom. The number of hydrogen-bond acceptors (Lipinski definition) is 3. The summed E-state index contributed by atoms with van der Waals surface area (Å²) in [6, 6.07) is -0.0136. The van der Waals surface area contributed by atoms with Crippen LogP contribution >= 0.6 is 11.6 Å². The number of hydrogen-bond donors (Lipinski definition) is 1. The van der Waals surface area contributed by atoms with Crippen LogP contribution in [0.25, 0.3) is 0 Å². The van der Waals surface area contributed by atoms with E-state index in [1.807, 2.05) is 14.0 Å². The van der Waals surface area contributed by atoms with Crippen LogP contribution in [0, 0.1) is 0 Å². The molecule has 2 heterocycles. The van der Waals surface area contributed by atoms with Crippen molar-refractivity contribution in [3.63, 3.8) is 0 Å². The number of aromatic nitrogens is 2. The molecule has 0 aliphatic carbocycles. The van der Waals surface area contributed by atoms with Gasteiger partial charge in [-0.3, -0.25) is 14.3 Å². The smallest absolute Gasteiger partial charge is 0.306 e. The first-order valence-corrected chi connectivity index (χ1v) is 7.14. The summed E-state index contributed by atoms with van der Waals surface area (Å²) in [5.41, 5.74) is -0.0720. The molecule has 0 spiro atoms. The van der Waals surface area contributed by atoms with Gasteiger partial charge in [0.2, 0.25) is 0 Å². The van der Waals surface area contributed by atoms with E-state index in [9.17, 15) is 9.59 Å². The van der Waals surface area contributed by atoms with Crippen molar-refractivity contribution < 1.29 is 0 Å². The molecule has 0 saturated carbocycles. The van der Waals surface area contributed by atoms with Crippen molar-refractivity contribution in [2.75, 3.05) is 20.1 Å². The SMILES string of the molecule is CCCc1c(Cl)[nH]c(=O)n(C2CCN(C)CC2)c1=O. The van der Waals surface area contributed by atoms with Crippen molar-refractivity contribution in [2.24, 2.45) is 0 Å². The normalized spacial score (nSPS) is 17.8. The molecular weight excluding hydrogens is 266 g/mol. The molecule has 1 saturated heterocycles. The van der Waals surface area contributed by atoms with Gasteiger partial charge in [-0.05, 0) is 39.4 Å². The molecule has 0 atom stereocenters. The van der Waals surface area contributed by atoms with E-state index in [0.717, 1.165) is 32.4 Å². The lowest BCUT2D eigenvalue weighted by Gasteiger charge is -2.29. The van der Waals surface area contributed by atoms with Crippen molar-refractivity contribution in [3.8, 4) is 0 Å². The number of likely N-dealkylation sites (tertiary alicyclic amines) is 1. The molecule has 19 heavy (non-hydrogen) atoms. The first kappa shape index (κ1) is 14.3. The highest BCUT2D eigenvalue weighted by molar-refractivity contribution is 6.30. The monoisotopic (exact) mass is 285 g/mol. The van der Waals surface area contributed by atoms with Crippen LogP contribution in [0.5, 0.6) is 0 Å². The third kappa shape index (κ3) is 2.92. The largest absolute Gasteiger partial charge is 0.329 e. The molecular formula is C13H20ClN3O2. The number of H-pyrrole nitrogens is 1. The van der Waals surface area contributed by atoms with Gasteiger partial charge < -0.3 is 4.90 Å². The van der Waals surface area contributed by atoms with E-state index >= 15 is 0 Å². The highest BCUT2D eigenvalue weighted by atomic mass is 35.5. The highest BCUT2D eigenvalue weighted by Crippen LogP contribution is 2.19. The van der Waals surface area contributed by atoms with Crippen molar-refractivity contribution >= 4 is 11.6 Å². The summed E-state index contributed by atoms with van der Waals surface area (Å²) in [5, 5.41) is 0.195. The van der Waals surface area contributed by atoms with Crippen molar-refractivity contribution in [2.45, 2.75) is 38.6 Å². The van der Waals surface area contributed by atoms with Gasteiger partial charge in [0.1, 0.15) is 5.15 Å². The maximum atomic E-state index is 12.4. The van der Waals surface area contributed by atoms with Crippen LogP contribution in [0.4, 0.5) is 0 Å². The van der Waals surface area contributed by atoms with E-state index in [0.29, 0.717) is 12.0 Å². The van der Waals surface area contributed by atoms with Gasteiger partial charge in [-0.25, -0.2) is 4.79 Å². The molecule has 0 radical (unpaired) electrons. The molecule has 2 rings (SSSR count). The van der Waals surface area contributed by atoms with Crippen LogP contribution in [-0.2, 0) is 6.42 Å². The van der Waals surface area contributed by atoms with Gasteiger partial charge in [-0.2, -0.15) is 0 Å². The zero-order chi connectivity index (χ0) is 14.0. The van der Waals surface area contributed by atoms with Gasteiger partial charge in [-0.1, -0.05) is 24.9 Å². The molecule has 1 aliphatic heterocycles. The fourth-order valence-electron chi connectivity index (χ4n) is 2.61. The number of piperidine rings is 1.